The van der Waals surface area contributed by atoms with E-state index in [0.29, 0.717) is 10.8 Å². The van der Waals surface area contributed by atoms with Gasteiger partial charge in [0.1, 0.15) is 0 Å². The van der Waals surface area contributed by atoms with Crippen LogP contribution < -0.4 is 0 Å². The average Bonchev–Trinajstić information content (AvgIpc) is 2.12. The second kappa shape index (κ2) is 5.75. The zero-order chi connectivity index (χ0) is 11.2. The number of unbranched alkanes of at least 4 members (excludes halogenated alkanes) is 1. The topological polar surface area (TPSA) is 9.23 Å². The van der Waals surface area contributed by atoms with E-state index in [4.69, 9.17) is 4.74 Å². The van der Waals surface area contributed by atoms with Crippen LogP contribution in [0.1, 0.15) is 60.3 Å². The van der Waals surface area contributed by atoms with Gasteiger partial charge in [-0.3, -0.25) is 0 Å². The molecule has 1 heteroatoms. The molecule has 0 aliphatic heterocycles. The quantitative estimate of drug-likeness (QED) is 0.558. The third-order valence-electron chi connectivity index (χ3n) is 4.12. The lowest BCUT2D eigenvalue weighted by Crippen LogP contribution is -2.31. The van der Waals surface area contributed by atoms with Crippen molar-refractivity contribution in [3.8, 4) is 0 Å². The standard InChI is InChI=1S/C13H28O/c1-7-12(2,3)13(4,5)10-8-9-11-14-6/h7-11H2,1-6H3. The minimum atomic E-state index is 0.440. The Bertz CT molecular complexity index is 147. The molecule has 1 nitrogen and oxygen atoms in total. The van der Waals surface area contributed by atoms with E-state index < -0.39 is 0 Å². The molecule has 0 saturated carbocycles. The first-order chi connectivity index (χ1) is 6.37. The van der Waals surface area contributed by atoms with E-state index >= 15 is 0 Å². The van der Waals surface area contributed by atoms with Gasteiger partial charge in [-0.15, -0.1) is 0 Å². The molecule has 0 fully saturated rings. The first-order valence-corrected chi connectivity index (χ1v) is 5.86. The number of rotatable bonds is 7. The van der Waals surface area contributed by atoms with E-state index in [1.54, 1.807) is 7.11 Å². The molecule has 0 heterocycles. The highest BCUT2D eigenvalue weighted by atomic mass is 16.5. The van der Waals surface area contributed by atoms with E-state index in [2.05, 4.69) is 34.6 Å². The van der Waals surface area contributed by atoms with Crippen LogP contribution in [-0.4, -0.2) is 13.7 Å². The molecule has 0 aromatic heterocycles. The molecule has 86 valence electrons. The summed E-state index contributed by atoms with van der Waals surface area (Å²) in [6, 6.07) is 0. The van der Waals surface area contributed by atoms with Crippen molar-refractivity contribution in [2.24, 2.45) is 10.8 Å². The summed E-state index contributed by atoms with van der Waals surface area (Å²) in [5.74, 6) is 0. The molecule has 0 amide bonds. The molecule has 0 aliphatic rings. The molecule has 0 rings (SSSR count). The maximum absolute atomic E-state index is 5.07. The maximum atomic E-state index is 5.07. The summed E-state index contributed by atoms with van der Waals surface area (Å²) >= 11 is 0. The summed E-state index contributed by atoms with van der Waals surface area (Å²) in [6.07, 6.45) is 5.03. The van der Waals surface area contributed by atoms with Crippen molar-refractivity contribution < 1.29 is 4.74 Å². The zero-order valence-corrected chi connectivity index (χ0v) is 10.9. The highest BCUT2D eigenvalue weighted by molar-refractivity contribution is 4.84. The molecule has 0 aromatic carbocycles. The SMILES string of the molecule is CCC(C)(C)C(C)(C)CCCCOC. The molecule has 14 heavy (non-hydrogen) atoms. The van der Waals surface area contributed by atoms with Gasteiger partial charge in [0.2, 0.25) is 0 Å². The van der Waals surface area contributed by atoms with Gasteiger partial charge in [-0.25, -0.2) is 0 Å². The van der Waals surface area contributed by atoms with Gasteiger partial charge in [0, 0.05) is 13.7 Å². The molecule has 0 spiro atoms. The van der Waals surface area contributed by atoms with E-state index in [1.165, 1.54) is 25.7 Å². The molecule has 0 radical (unpaired) electrons. The van der Waals surface area contributed by atoms with Crippen LogP contribution in [0.3, 0.4) is 0 Å². The molecular formula is C13H28O. The third-order valence-corrected chi connectivity index (χ3v) is 4.12. The summed E-state index contributed by atoms with van der Waals surface area (Å²) in [6.45, 7) is 12.7. The predicted molar refractivity (Wildman–Crippen MR) is 63.6 cm³/mol. The molecule has 0 saturated heterocycles. The molecule has 0 N–H and O–H groups in total. The van der Waals surface area contributed by atoms with E-state index in [-0.39, 0.29) is 0 Å². The Balaban J connectivity index is 3.94. The van der Waals surface area contributed by atoms with Gasteiger partial charge in [-0.1, -0.05) is 47.5 Å². The average molecular weight is 200 g/mol. The predicted octanol–water partition coefficient (Wildman–Crippen LogP) is 4.27. The van der Waals surface area contributed by atoms with Gasteiger partial charge in [0.15, 0.2) is 0 Å². The maximum Gasteiger partial charge on any atom is 0.0462 e. The van der Waals surface area contributed by atoms with Crippen LogP contribution in [0.4, 0.5) is 0 Å². The first-order valence-electron chi connectivity index (χ1n) is 5.86. The van der Waals surface area contributed by atoms with Crippen molar-refractivity contribution in [2.75, 3.05) is 13.7 Å². The minimum Gasteiger partial charge on any atom is -0.385 e. The summed E-state index contributed by atoms with van der Waals surface area (Å²) in [4.78, 5) is 0. The molecule has 0 unspecified atom stereocenters. The largest absolute Gasteiger partial charge is 0.385 e. The Morgan fingerprint density at radius 1 is 0.929 bits per heavy atom. The summed E-state index contributed by atoms with van der Waals surface area (Å²) in [5, 5.41) is 0. The van der Waals surface area contributed by atoms with Crippen molar-refractivity contribution in [2.45, 2.75) is 60.3 Å². The Kier molecular flexibility index (Phi) is 5.73. The van der Waals surface area contributed by atoms with Gasteiger partial charge >= 0.3 is 0 Å². The van der Waals surface area contributed by atoms with Crippen LogP contribution in [0.5, 0.6) is 0 Å². The fourth-order valence-corrected chi connectivity index (χ4v) is 1.63. The molecule has 0 aromatic rings. The van der Waals surface area contributed by atoms with Crippen LogP contribution in [0.25, 0.3) is 0 Å². The van der Waals surface area contributed by atoms with E-state index in [0.717, 1.165) is 6.61 Å². The van der Waals surface area contributed by atoms with E-state index in [9.17, 15) is 0 Å². The minimum absolute atomic E-state index is 0.440. The second-order valence-corrected chi connectivity index (χ2v) is 5.57. The zero-order valence-electron chi connectivity index (χ0n) is 10.9. The molecule has 0 atom stereocenters. The van der Waals surface area contributed by atoms with Gasteiger partial charge in [0.25, 0.3) is 0 Å². The number of methoxy groups -OCH3 is 1. The Hall–Kier alpha value is -0.0400. The highest BCUT2D eigenvalue weighted by Gasteiger charge is 2.34. The molecule has 0 aliphatic carbocycles. The Morgan fingerprint density at radius 3 is 1.93 bits per heavy atom. The highest BCUT2D eigenvalue weighted by Crippen LogP contribution is 2.44. The van der Waals surface area contributed by atoms with Crippen LogP contribution in [0, 0.1) is 10.8 Å². The smallest absolute Gasteiger partial charge is 0.0462 e. The van der Waals surface area contributed by atoms with Gasteiger partial charge in [-0.05, 0) is 23.7 Å². The summed E-state index contributed by atoms with van der Waals surface area (Å²) in [7, 11) is 1.78. The van der Waals surface area contributed by atoms with E-state index in [1.807, 2.05) is 0 Å². The third kappa shape index (κ3) is 4.00. The summed E-state index contributed by atoms with van der Waals surface area (Å²) in [5.41, 5.74) is 0.884. The second-order valence-electron chi connectivity index (χ2n) is 5.57. The fourth-order valence-electron chi connectivity index (χ4n) is 1.63. The lowest BCUT2D eigenvalue weighted by Gasteiger charge is -2.41. The lowest BCUT2D eigenvalue weighted by atomic mass is 9.64. The normalized spacial score (nSPS) is 13.3. The number of hydrogen-bond donors (Lipinski definition) is 0. The van der Waals surface area contributed by atoms with Gasteiger partial charge < -0.3 is 4.74 Å². The first kappa shape index (κ1) is 14.0. The molecule has 0 bridgehead atoms. The van der Waals surface area contributed by atoms with Crippen molar-refractivity contribution in [1.82, 2.24) is 0 Å². The van der Waals surface area contributed by atoms with Crippen LogP contribution in [-0.2, 0) is 4.74 Å². The van der Waals surface area contributed by atoms with Crippen LogP contribution in [0.2, 0.25) is 0 Å². The number of ether oxygens (including phenoxy) is 1. The van der Waals surface area contributed by atoms with Gasteiger partial charge in [0.05, 0.1) is 0 Å². The Labute approximate surface area is 90.2 Å². The van der Waals surface area contributed by atoms with Crippen molar-refractivity contribution in [3.05, 3.63) is 0 Å². The van der Waals surface area contributed by atoms with Crippen LogP contribution in [0.15, 0.2) is 0 Å². The number of hydrogen-bond acceptors (Lipinski definition) is 1. The summed E-state index contributed by atoms with van der Waals surface area (Å²) < 4.78 is 5.07. The fraction of sp³-hybridized carbons (Fsp3) is 1.00. The van der Waals surface area contributed by atoms with Crippen molar-refractivity contribution >= 4 is 0 Å². The van der Waals surface area contributed by atoms with Crippen LogP contribution >= 0.6 is 0 Å². The van der Waals surface area contributed by atoms with Crippen molar-refractivity contribution in [3.63, 3.8) is 0 Å². The Morgan fingerprint density at radius 2 is 1.50 bits per heavy atom. The molecular weight excluding hydrogens is 172 g/mol. The van der Waals surface area contributed by atoms with Gasteiger partial charge in [-0.2, -0.15) is 0 Å². The lowest BCUT2D eigenvalue weighted by molar-refractivity contribution is 0.0864. The van der Waals surface area contributed by atoms with Crippen molar-refractivity contribution in [1.29, 1.82) is 0 Å². The monoisotopic (exact) mass is 200 g/mol.